The van der Waals surface area contributed by atoms with Gasteiger partial charge in [-0.1, -0.05) is 18.2 Å². The quantitative estimate of drug-likeness (QED) is 0.499. The first kappa shape index (κ1) is 21.7. The lowest BCUT2D eigenvalue weighted by atomic mass is 10.2. The lowest BCUT2D eigenvalue weighted by Crippen LogP contribution is -2.20. The van der Waals surface area contributed by atoms with Crippen molar-refractivity contribution in [1.29, 1.82) is 0 Å². The van der Waals surface area contributed by atoms with Gasteiger partial charge in [-0.2, -0.15) is 5.10 Å². The van der Waals surface area contributed by atoms with Crippen molar-refractivity contribution in [3.63, 3.8) is 0 Å². The molecule has 2 aromatic rings. The number of nitrogens with one attached hydrogen (secondary N) is 2. The van der Waals surface area contributed by atoms with Crippen LogP contribution in [0, 0.1) is 6.92 Å². The van der Waals surface area contributed by atoms with E-state index in [2.05, 4.69) is 15.8 Å². The Kier molecular flexibility index (Phi) is 8.02. The van der Waals surface area contributed by atoms with Gasteiger partial charge in [0.15, 0.2) is 11.5 Å². The largest absolute Gasteiger partial charge is 0.493 e. The number of anilines is 1. The third kappa shape index (κ3) is 6.24. The van der Waals surface area contributed by atoms with Gasteiger partial charge in [-0.05, 0) is 30.7 Å². The summed E-state index contributed by atoms with van der Waals surface area (Å²) in [7, 11) is 4.55. The number of benzene rings is 2. The van der Waals surface area contributed by atoms with Gasteiger partial charge in [-0.3, -0.25) is 9.59 Å². The molecule has 0 aliphatic carbocycles. The van der Waals surface area contributed by atoms with E-state index >= 15 is 0 Å². The van der Waals surface area contributed by atoms with Crippen LogP contribution in [0.1, 0.15) is 24.0 Å². The highest BCUT2D eigenvalue weighted by Crippen LogP contribution is 2.37. The van der Waals surface area contributed by atoms with Crippen molar-refractivity contribution in [1.82, 2.24) is 5.43 Å². The number of nitrogens with zero attached hydrogens (tertiary/aromatic N) is 1. The van der Waals surface area contributed by atoms with Crippen LogP contribution >= 0.6 is 0 Å². The van der Waals surface area contributed by atoms with Crippen molar-refractivity contribution < 1.29 is 23.8 Å². The maximum absolute atomic E-state index is 12.0. The summed E-state index contributed by atoms with van der Waals surface area (Å²) in [5, 5.41) is 6.70. The second-order valence-corrected chi connectivity index (χ2v) is 6.11. The number of carbonyl (C=O) groups is 2. The van der Waals surface area contributed by atoms with Gasteiger partial charge in [0.25, 0.3) is 0 Å². The molecule has 0 fully saturated rings. The topological polar surface area (TPSA) is 98.2 Å². The van der Waals surface area contributed by atoms with Crippen molar-refractivity contribution in [3.8, 4) is 17.2 Å². The van der Waals surface area contributed by atoms with E-state index in [9.17, 15) is 9.59 Å². The molecule has 0 aliphatic rings. The SMILES string of the molecule is COc1cc(/C=N\NC(=O)CCC(=O)Nc2ccccc2C)cc(OC)c1OC. The first-order valence-corrected chi connectivity index (χ1v) is 8.96. The molecule has 2 aromatic carbocycles. The number of ether oxygens (including phenoxy) is 3. The monoisotopic (exact) mass is 399 g/mol. The molecular weight excluding hydrogens is 374 g/mol. The average molecular weight is 399 g/mol. The number of hydrazone groups is 1. The molecule has 0 aromatic heterocycles. The zero-order valence-corrected chi connectivity index (χ0v) is 16.9. The fourth-order valence-corrected chi connectivity index (χ4v) is 2.56. The van der Waals surface area contributed by atoms with Crippen LogP contribution in [0.5, 0.6) is 17.2 Å². The van der Waals surface area contributed by atoms with Crippen LogP contribution in [0.2, 0.25) is 0 Å². The van der Waals surface area contributed by atoms with E-state index in [4.69, 9.17) is 14.2 Å². The van der Waals surface area contributed by atoms with E-state index in [0.29, 0.717) is 22.8 Å². The number of amides is 2. The molecule has 0 unspecified atom stereocenters. The Hall–Kier alpha value is -3.55. The second kappa shape index (κ2) is 10.7. The molecule has 154 valence electrons. The summed E-state index contributed by atoms with van der Waals surface area (Å²) < 4.78 is 15.8. The van der Waals surface area contributed by atoms with Gasteiger partial charge >= 0.3 is 0 Å². The lowest BCUT2D eigenvalue weighted by Gasteiger charge is -2.12. The van der Waals surface area contributed by atoms with Crippen LogP contribution in [0.25, 0.3) is 0 Å². The fraction of sp³-hybridized carbons (Fsp3) is 0.286. The summed E-state index contributed by atoms with van der Waals surface area (Å²) in [6.07, 6.45) is 1.53. The lowest BCUT2D eigenvalue weighted by molar-refractivity contribution is -0.124. The molecule has 0 saturated carbocycles. The fourth-order valence-electron chi connectivity index (χ4n) is 2.56. The predicted molar refractivity (Wildman–Crippen MR) is 111 cm³/mol. The molecule has 8 nitrogen and oxygen atoms in total. The van der Waals surface area contributed by atoms with Gasteiger partial charge in [0.2, 0.25) is 17.6 Å². The first-order chi connectivity index (χ1) is 14.0. The first-order valence-electron chi connectivity index (χ1n) is 8.96. The number of hydrogen-bond acceptors (Lipinski definition) is 6. The molecule has 0 radical (unpaired) electrons. The minimum Gasteiger partial charge on any atom is -0.493 e. The Morgan fingerprint density at radius 1 is 0.966 bits per heavy atom. The van der Waals surface area contributed by atoms with Gasteiger partial charge in [-0.25, -0.2) is 5.43 Å². The molecule has 29 heavy (non-hydrogen) atoms. The van der Waals surface area contributed by atoms with Crippen LogP contribution < -0.4 is 25.0 Å². The molecular formula is C21H25N3O5. The molecule has 2 amide bonds. The molecule has 0 bridgehead atoms. The summed E-state index contributed by atoms with van der Waals surface area (Å²) in [5.41, 5.74) is 4.75. The number of aryl methyl sites for hydroxylation is 1. The number of hydrogen-bond donors (Lipinski definition) is 2. The van der Waals surface area contributed by atoms with Crippen LogP contribution in [0.3, 0.4) is 0 Å². The van der Waals surface area contributed by atoms with E-state index in [1.54, 1.807) is 12.1 Å². The highest BCUT2D eigenvalue weighted by atomic mass is 16.5. The van der Waals surface area contributed by atoms with Crippen molar-refractivity contribution in [2.75, 3.05) is 26.6 Å². The molecule has 8 heteroatoms. The van der Waals surface area contributed by atoms with Crippen molar-refractivity contribution >= 4 is 23.7 Å². The molecule has 2 rings (SSSR count). The highest BCUT2D eigenvalue weighted by molar-refractivity contribution is 5.94. The van der Waals surface area contributed by atoms with E-state index in [1.165, 1.54) is 27.5 Å². The van der Waals surface area contributed by atoms with E-state index < -0.39 is 0 Å². The second-order valence-electron chi connectivity index (χ2n) is 6.11. The molecule has 0 aliphatic heterocycles. The van der Waals surface area contributed by atoms with Crippen molar-refractivity contribution in [2.45, 2.75) is 19.8 Å². The van der Waals surface area contributed by atoms with E-state index in [-0.39, 0.29) is 24.7 Å². The Morgan fingerprint density at radius 2 is 1.59 bits per heavy atom. The minimum atomic E-state index is -0.367. The number of carbonyl (C=O) groups excluding carboxylic acids is 2. The predicted octanol–water partition coefficient (Wildman–Crippen LogP) is 2.89. The van der Waals surface area contributed by atoms with Gasteiger partial charge in [0.05, 0.1) is 27.5 Å². The van der Waals surface area contributed by atoms with Gasteiger partial charge in [0, 0.05) is 24.1 Å². The average Bonchev–Trinajstić information content (AvgIpc) is 2.73. The van der Waals surface area contributed by atoms with Crippen LogP contribution in [0.15, 0.2) is 41.5 Å². The Bertz CT molecular complexity index is 871. The molecule has 0 atom stereocenters. The molecule has 0 heterocycles. The third-order valence-corrected chi connectivity index (χ3v) is 4.09. The maximum atomic E-state index is 12.0. The Morgan fingerprint density at radius 3 is 2.17 bits per heavy atom. The third-order valence-electron chi connectivity index (χ3n) is 4.09. The minimum absolute atomic E-state index is 0.0182. The van der Waals surface area contributed by atoms with Crippen molar-refractivity contribution in [3.05, 3.63) is 47.5 Å². The van der Waals surface area contributed by atoms with Crippen molar-refractivity contribution in [2.24, 2.45) is 5.10 Å². The number of rotatable bonds is 9. The standard InChI is InChI=1S/C21H25N3O5/c1-14-7-5-6-8-16(14)23-19(25)9-10-20(26)24-22-13-15-11-17(27-2)21(29-4)18(12-15)28-3/h5-8,11-13H,9-10H2,1-4H3,(H,23,25)(H,24,26)/b22-13-. The summed E-state index contributed by atoms with van der Waals surface area (Å²) in [5.74, 6) is 0.826. The maximum Gasteiger partial charge on any atom is 0.240 e. The number of methoxy groups -OCH3 is 3. The normalized spacial score (nSPS) is 10.5. The van der Waals surface area contributed by atoms with Crippen LogP contribution in [-0.2, 0) is 9.59 Å². The van der Waals surface area contributed by atoms with Crippen LogP contribution in [0.4, 0.5) is 5.69 Å². The highest BCUT2D eigenvalue weighted by Gasteiger charge is 2.12. The van der Waals surface area contributed by atoms with E-state index in [1.807, 2.05) is 31.2 Å². The molecule has 0 saturated heterocycles. The van der Waals surface area contributed by atoms with Gasteiger partial charge in [0.1, 0.15) is 0 Å². The summed E-state index contributed by atoms with van der Waals surface area (Å²) in [4.78, 5) is 23.9. The molecule has 2 N–H and O–H groups in total. The van der Waals surface area contributed by atoms with Gasteiger partial charge < -0.3 is 19.5 Å². The summed E-state index contributed by atoms with van der Waals surface area (Å²) >= 11 is 0. The Balaban J connectivity index is 1.88. The Labute approximate surface area is 169 Å². The smallest absolute Gasteiger partial charge is 0.240 e. The molecule has 0 spiro atoms. The summed E-state index contributed by atoms with van der Waals surface area (Å²) in [6, 6.07) is 10.9. The zero-order chi connectivity index (χ0) is 21.2. The number of para-hydroxylation sites is 1. The van der Waals surface area contributed by atoms with Crippen LogP contribution in [-0.4, -0.2) is 39.4 Å². The van der Waals surface area contributed by atoms with E-state index in [0.717, 1.165) is 11.3 Å². The zero-order valence-electron chi connectivity index (χ0n) is 16.9. The van der Waals surface area contributed by atoms with Gasteiger partial charge in [-0.15, -0.1) is 0 Å². The summed E-state index contributed by atoms with van der Waals surface area (Å²) in [6.45, 7) is 1.90.